The normalized spacial score (nSPS) is 23.3. The number of carbonyl (C=O) groups excluding carboxylic acids is 2. The van der Waals surface area contributed by atoms with E-state index in [1.54, 1.807) is 15.9 Å². The number of carbonyl (C=O) groups is 2. The van der Waals surface area contributed by atoms with E-state index in [1.165, 1.54) is 0 Å². The average Bonchev–Trinajstić information content (AvgIpc) is 3.06. The number of piperidine rings is 1. The number of β-amino-alcohol motifs (C(OH)–C–C–N with tert-alkyl or cyclic N) is 1. The number of fused-ring (bicyclic) bond motifs is 2. The number of aliphatic hydroxyl groups is 1. The molecule has 1 saturated heterocycles. The van der Waals surface area contributed by atoms with E-state index < -0.39 is 25.4 Å². The summed E-state index contributed by atoms with van der Waals surface area (Å²) in [5.41, 5.74) is 1.94. The highest BCUT2D eigenvalue weighted by Crippen LogP contribution is 2.58. The highest BCUT2D eigenvalue weighted by atomic mass is 79.9. The zero-order chi connectivity index (χ0) is 27.8. The minimum Gasteiger partial charge on any atom is -0.395 e. The van der Waals surface area contributed by atoms with Gasteiger partial charge in [0.25, 0.3) is 0 Å². The van der Waals surface area contributed by atoms with E-state index >= 15 is 0 Å². The van der Waals surface area contributed by atoms with E-state index in [9.17, 15) is 14.7 Å². The molecule has 1 spiro atoms. The number of nitrogens with zero attached hydrogens (tertiary/aromatic N) is 2. The lowest BCUT2D eigenvalue weighted by molar-refractivity contribution is -0.145. The molecular formula is C29H36BrClN2O4Si. The van der Waals surface area contributed by atoms with Gasteiger partial charge in [-0.3, -0.25) is 14.5 Å². The SMILES string of the molecule is C=C(C)[C@H]1N(CCO)C(=O)C[C@@H](c2cccc(Cl)c2)[C@]12C(=O)N(COCC[Si](C)(C)C)c1cc(Br)ccc12. The van der Waals surface area contributed by atoms with Crippen molar-refractivity contribution in [3.63, 3.8) is 0 Å². The Bertz CT molecular complexity index is 1250. The molecular weight excluding hydrogens is 584 g/mol. The molecule has 0 aliphatic carbocycles. The molecule has 2 heterocycles. The molecule has 2 aromatic carbocycles. The summed E-state index contributed by atoms with van der Waals surface area (Å²) in [5, 5.41) is 10.4. The Balaban J connectivity index is 1.91. The molecule has 2 aliphatic heterocycles. The van der Waals surface area contributed by atoms with Crippen LogP contribution in [0.5, 0.6) is 0 Å². The number of anilines is 1. The van der Waals surface area contributed by atoms with Gasteiger partial charge in [0, 0.05) is 43.1 Å². The zero-order valence-corrected chi connectivity index (χ0v) is 25.8. The lowest BCUT2D eigenvalue weighted by atomic mass is 9.58. The van der Waals surface area contributed by atoms with Gasteiger partial charge in [-0.15, -0.1) is 0 Å². The van der Waals surface area contributed by atoms with E-state index in [4.69, 9.17) is 16.3 Å². The molecule has 2 aromatic rings. The first-order valence-corrected chi connectivity index (χ1v) is 17.8. The largest absolute Gasteiger partial charge is 0.395 e. The second kappa shape index (κ2) is 11.3. The van der Waals surface area contributed by atoms with Crippen molar-refractivity contribution in [1.82, 2.24) is 4.90 Å². The van der Waals surface area contributed by atoms with E-state index in [0.29, 0.717) is 17.2 Å². The van der Waals surface area contributed by atoms with Gasteiger partial charge in [0.15, 0.2) is 0 Å². The fraction of sp³-hybridized carbons (Fsp3) is 0.448. The van der Waals surface area contributed by atoms with Crippen LogP contribution in [-0.2, 0) is 19.7 Å². The first-order chi connectivity index (χ1) is 17.9. The monoisotopic (exact) mass is 618 g/mol. The molecule has 204 valence electrons. The number of likely N-dealkylation sites (tertiary alicyclic amines) is 1. The number of hydrogen-bond acceptors (Lipinski definition) is 4. The van der Waals surface area contributed by atoms with Crippen molar-refractivity contribution in [1.29, 1.82) is 0 Å². The number of halogens is 2. The maximum atomic E-state index is 14.8. The van der Waals surface area contributed by atoms with Crippen LogP contribution in [0.1, 0.15) is 30.4 Å². The minimum atomic E-state index is -1.31. The molecule has 0 unspecified atom stereocenters. The van der Waals surface area contributed by atoms with E-state index in [2.05, 4.69) is 42.1 Å². The standard InChI is InChI=1S/C29H36BrClN2O4Si/c1-19(2)27-29(24(17-26(35)32(27)11-12-34)20-7-6-8-22(31)15-20)23-10-9-21(30)16-25(23)33(28(29)36)18-37-13-14-38(3,4)5/h6-10,15-16,24,27,34H,1,11-14,17-18H2,2-5H3/t24-,27+,29-/m0/s1. The van der Waals surface area contributed by atoms with Crippen LogP contribution in [0.25, 0.3) is 0 Å². The van der Waals surface area contributed by atoms with Crippen molar-refractivity contribution in [2.45, 2.75) is 56.4 Å². The van der Waals surface area contributed by atoms with Crippen molar-refractivity contribution in [3.8, 4) is 0 Å². The zero-order valence-electron chi connectivity index (χ0n) is 22.5. The van der Waals surface area contributed by atoms with E-state index in [0.717, 1.165) is 27.3 Å². The van der Waals surface area contributed by atoms with Gasteiger partial charge < -0.3 is 14.7 Å². The Morgan fingerprint density at radius 2 is 1.97 bits per heavy atom. The van der Waals surface area contributed by atoms with Crippen molar-refractivity contribution in [3.05, 3.63) is 75.2 Å². The molecule has 9 heteroatoms. The second-order valence-corrected chi connectivity index (χ2v) is 18.5. The Morgan fingerprint density at radius 3 is 2.61 bits per heavy atom. The lowest BCUT2D eigenvalue weighted by Crippen LogP contribution is -2.65. The molecule has 1 N–H and O–H groups in total. The summed E-state index contributed by atoms with van der Waals surface area (Å²) < 4.78 is 6.95. The van der Waals surface area contributed by atoms with Crippen LogP contribution in [0.3, 0.4) is 0 Å². The predicted molar refractivity (Wildman–Crippen MR) is 158 cm³/mol. The van der Waals surface area contributed by atoms with Gasteiger partial charge in [0.2, 0.25) is 11.8 Å². The molecule has 0 bridgehead atoms. The molecule has 3 atom stereocenters. The fourth-order valence-electron chi connectivity index (χ4n) is 5.94. The number of benzene rings is 2. The Kier molecular flexibility index (Phi) is 8.60. The Morgan fingerprint density at radius 1 is 1.24 bits per heavy atom. The Labute approximate surface area is 239 Å². The quantitative estimate of drug-likeness (QED) is 0.214. The summed E-state index contributed by atoms with van der Waals surface area (Å²) in [6, 6.07) is 13.6. The van der Waals surface area contributed by atoms with Gasteiger partial charge in [0.1, 0.15) is 12.1 Å². The first-order valence-electron chi connectivity index (χ1n) is 12.9. The third-order valence-electron chi connectivity index (χ3n) is 7.56. The minimum absolute atomic E-state index is 0.107. The summed E-state index contributed by atoms with van der Waals surface area (Å²) in [5.74, 6) is -0.740. The number of amides is 2. The van der Waals surface area contributed by atoms with Crippen LogP contribution < -0.4 is 4.90 Å². The van der Waals surface area contributed by atoms with Crippen LogP contribution in [0.4, 0.5) is 5.69 Å². The molecule has 2 aliphatic rings. The summed E-state index contributed by atoms with van der Waals surface area (Å²) in [6.45, 7) is 13.6. The van der Waals surface area contributed by atoms with Gasteiger partial charge in [0.05, 0.1) is 18.3 Å². The van der Waals surface area contributed by atoms with Crippen molar-refractivity contribution in [2.75, 3.05) is 31.4 Å². The third-order valence-corrected chi connectivity index (χ3v) is 9.99. The van der Waals surface area contributed by atoms with Gasteiger partial charge in [-0.25, -0.2) is 0 Å². The van der Waals surface area contributed by atoms with Crippen LogP contribution >= 0.6 is 27.5 Å². The molecule has 2 amide bonds. The molecule has 6 nitrogen and oxygen atoms in total. The van der Waals surface area contributed by atoms with E-state index in [1.807, 2.05) is 43.3 Å². The Hall–Kier alpha value is -1.97. The molecule has 0 saturated carbocycles. The third kappa shape index (κ3) is 5.26. The van der Waals surface area contributed by atoms with Gasteiger partial charge in [-0.2, -0.15) is 0 Å². The molecule has 0 aromatic heterocycles. The summed E-state index contributed by atoms with van der Waals surface area (Å²) in [6.07, 6.45) is 0.107. The van der Waals surface area contributed by atoms with Crippen LogP contribution in [0.15, 0.2) is 59.1 Å². The number of aliphatic hydroxyl groups excluding tert-OH is 1. The molecule has 38 heavy (non-hydrogen) atoms. The van der Waals surface area contributed by atoms with E-state index in [-0.39, 0.29) is 38.1 Å². The fourth-order valence-corrected chi connectivity index (χ4v) is 7.25. The van der Waals surface area contributed by atoms with Crippen molar-refractivity contribution in [2.24, 2.45) is 0 Å². The smallest absolute Gasteiger partial charge is 0.242 e. The van der Waals surface area contributed by atoms with Crippen LogP contribution in [0.2, 0.25) is 30.7 Å². The maximum absolute atomic E-state index is 14.8. The van der Waals surface area contributed by atoms with Crippen molar-refractivity contribution >= 4 is 53.1 Å². The van der Waals surface area contributed by atoms with Crippen LogP contribution in [0, 0.1) is 0 Å². The average molecular weight is 620 g/mol. The summed E-state index contributed by atoms with van der Waals surface area (Å²) in [4.78, 5) is 31.7. The second-order valence-electron chi connectivity index (χ2n) is 11.5. The topological polar surface area (TPSA) is 70.1 Å². The van der Waals surface area contributed by atoms with Crippen LogP contribution in [-0.4, -0.2) is 62.4 Å². The highest BCUT2D eigenvalue weighted by Gasteiger charge is 2.65. The van der Waals surface area contributed by atoms with Gasteiger partial charge >= 0.3 is 0 Å². The molecule has 0 radical (unpaired) electrons. The van der Waals surface area contributed by atoms with Gasteiger partial charge in [-0.05, 0) is 48.4 Å². The predicted octanol–water partition coefficient (Wildman–Crippen LogP) is 5.95. The van der Waals surface area contributed by atoms with Crippen molar-refractivity contribution < 1.29 is 19.4 Å². The lowest BCUT2D eigenvalue weighted by Gasteiger charge is -2.52. The molecule has 4 rings (SSSR count). The molecule has 1 fully saturated rings. The number of ether oxygens (including phenoxy) is 1. The summed E-state index contributed by atoms with van der Waals surface area (Å²) >= 11 is 10.0. The first kappa shape index (κ1) is 29.0. The van der Waals surface area contributed by atoms with Gasteiger partial charge in [-0.1, -0.05) is 77.5 Å². The maximum Gasteiger partial charge on any atom is 0.242 e. The highest BCUT2D eigenvalue weighted by molar-refractivity contribution is 9.10. The number of rotatable bonds is 9. The summed E-state index contributed by atoms with van der Waals surface area (Å²) in [7, 11) is -1.31. The number of hydrogen-bond donors (Lipinski definition) is 1.